The van der Waals surface area contributed by atoms with E-state index in [0.717, 1.165) is 32.7 Å². The molecule has 6 heteroatoms. The minimum absolute atomic E-state index is 0.0414. The monoisotopic (exact) mass is 403 g/mol. The standard InChI is InChI=1S/C21H23Cl2N3O/c22-18-6-7-19(23)20(8-18)24-21(27)14-26-12-16-10-25(11-17(16)13-26)9-15-4-2-1-3-5-15/h1-8,16-17H,9-14H2,(H,24,27). The van der Waals surface area contributed by atoms with Crippen molar-refractivity contribution in [1.29, 1.82) is 0 Å². The van der Waals surface area contributed by atoms with Crippen molar-refractivity contribution in [3.8, 4) is 0 Å². The van der Waals surface area contributed by atoms with Gasteiger partial charge < -0.3 is 5.32 Å². The molecule has 2 atom stereocenters. The quantitative estimate of drug-likeness (QED) is 0.819. The Morgan fingerprint density at radius 1 is 0.963 bits per heavy atom. The summed E-state index contributed by atoms with van der Waals surface area (Å²) in [7, 11) is 0. The molecule has 0 aromatic heterocycles. The fourth-order valence-corrected chi connectivity index (χ4v) is 4.61. The summed E-state index contributed by atoms with van der Waals surface area (Å²) in [5, 5.41) is 3.94. The number of likely N-dealkylation sites (tertiary alicyclic amines) is 2. The van der Waals surface area contributed by atoms with E-state index in [4.69, 9.17) is 23.2 Å². The molecule has 2 aromatic rings. The predicted octanol–water partition coefficient (Wildman–Crippen LogP) is 4.00. The molecule has 2 aliphatic heterocycles. The lowest BCUT2D eigenvalue weighted by Gasteiger charge is -2.21. The van der Waals surface area contributed by atoms with Gasteiger partial charge in [0.15, 0.2) is 0 Å². The molecule has 2 saturated heterocycles. The van der Waals surface area contributed by atoms with Gasteiger partial charge in [0.2, 0.25) is 5.91 Å². The smallest absolute Gasteiger partial charge is 0.238 e. The Kier molecular flexibility index (Phi) is 5.69. The molecule has 0 saturated carbocycles. The number of nitrogens with zero attached hydrogens (tertiary/aromatic N) is 2. The average Bonchev–Trinajstić information content (AvgIpc) is 3.16. The third-order valence-corrected chi connectivity index (χ3v) is 6.02. The van der Waals surface area contributed by atoms with Crippen LogP contribution in [0.2, 0.25) is 10.0 Å². The Bertz CT molecular complexity index is 800. The maximum Gasteiger partial charge on any atom is 0.238 e. The number of amides is 1. The van der Waals surface area contributed by atoms with Crippen LogP contribution >= 0.6 is 23.2 Å². The van der Waals surface area contributed by atoms with Crippen LogP contribution in [0, 0.1) is 11.8 Å². The van der Waals surface area contributed by atoms with Crippen LogP contribution in [0.5, 0.6) is 0 Å². The van der Waals surface area contributed by atoms with Gasteiger partial charge in [0, 0.05) is 37.7 Å². The molecular weight excluding hydrogens is 381 g/mol. The first-order valence-corrected chi connectivity index (χ1v) is 10.1. The molecule has 1 N–H and O–H groups in total. The summed E-state index contributed by atoms with van der Waals surface area (Å²) >= 11 is 12.1. The molecule has 142 valence electrons. The van der Waals surface area contributed by atoms with Gasteiger partial charge in [0.25, 0.3) is 0 Å². The Morgan fingerprint density at radius 2 is 1.63 bits per heavy atom. The number of rotatable bonds is 5. The summed E-state index contributed by atoms with van der Waals surface area (Å²) in [5.41, 5.74) is 1.94. The van der Waals surface area contributed by atoms with Crippen molar-refractivity contribution in [2.75, 3.05) is 38.0 Å². The lowest BCUT2D eigenvalue weighted by Crippen LogP contribution is -2.34. The molecule has 2 fully saturated rings. The third-order valence-electron chi connectivity index (χ3n) is 5.46. The highest BCUT2D eigenvalue weighted by Crippen LogP contribution is 2.32. The lowest BCUT2D eigenvalue weighted by molar-refractivity contribution is -0.117. The highest BCUT2D eigenvalue weighted by atomic mass is 35.5. The van der Waals surface area contributed by atoms with Gasteiger partial charge in [-0.1, -0.05) is 53.5 Å². The first kappa shape index (κ1) is 18.8. The maximum absolute atomic E-state index is 12.4. The molecule has 1 amide bonds. The first-order chi connectivity index (χ1) is 13.1. The molecule has 2 heterocycles. The zero-order valence-electron chi connectivity index (χ0n) is 15.1. The average molecular weight is 404 g/mol. The van der Waals surface area contributed by atoms with Gasteiger partial charge in [-0.15, -0.1) is 0 Å². The number of carbonyl (C=O) groups is 1. The predicted molar refractivity (Wildman–Crippen MR) is 110 cm³/mol. The fraction of sp³-hybridized carbons (Fsp3) is 0.381. The van der Waals surface area contributed by atoms with Crippen LogP contribution in [0.25, 0.3) is 0 Å². The Balaban J connectivity index is 1.26. The second-order valence-electron chi connectivity index (χ2n) is 7.57. The number of halogens is 2. The number of fused-ring (bicyclic) bond motifs is 1. The second kappa shape index (κ2) is 8.19. The van der Waals surface area contributed by atoms with E-state index < -0.39 is 0 Å². The van der Waals surface area contributed by atoms with E-state index in [-0.39, 0.29) is 5.91 Å². The van der Waals surface area contributed by atoms with Crippen LogP contribution in [0.3, 0.4) is 0 Å². The molecule has 27 heavy (non-hydrogen) atoms. The summed E-state index contributed by atoms with van der Waals surface area (Å²) < 4.78 is 0. The maximum atomic E-state index is 12.4. The molecule has 4 rings (SSSR count). The van der Waals surface area contributed by atoms with Crippen molar-refractivity contribution in [2.24, 2.45) is 11.8 Å². The van der Waals surface area contributed by atoms with Gasteiger partial charge in [0.1, 0.15) is 0 Å². The Labute approximate surface area is 170 Å². The topological polar surface area (TPSA) is 35.6 Å². The number of hydrogen-bond donors (Lipinski definition) is 1. The summed E-state index contributed by atoms with van der Waals surface area (Å²) in [4.78, 5) is 17.2. The molecule has 0 bridgehead atoms. The molecule has 0 aliphatic carbocycles. The van der Waals surface area contributed by atoms with Crippen LogP contribution in [0.1, 0.15) is 5.56 Å². The minimum Gasteiger partial charge on any atom is -0.324 e. The van der Waals surface area contributed by atoms with Gasteiger partial charge in [0.05, 0.1) is 17.3 Å². The Morgan fingerprint density at radius 3 is 2.33 bits per heavy atom. The highest BCUT2D eigenvalue weighted by molar-refractivity contribution is 6.35. The zero-order valence-corrected chi connectivity index (χ0v) is 16.6. The summed E-state index contributed by atoms with van der Waals surface area (Å²) in [6.07, 6.45) is 0. The molecule has 2 aromatic carbocycles. The number of nitrogens with one attached hydrogen (secondary N) is 1. The molecule has 2 unspecified atom stereocenters. The first-order valence-electron chi connectivity index (χ1n) is 9.30. The fourth-order valence-electron chi connectivity index (χ4n) is 4.27. The van der Waals surface area contributed by atoms with Gasteiger partial charge in [-0.25, -0.2) is 0 Å². The van der Waals surface area contributed by atoms with Crippen molar-refractivity contribution in [3.63, 3.8) is 0 Å². The van der Waals surface area contributed by atoms with Crippen LogP contribution in [0.4, 0.5) is 5.69 Å². The third kappa shape index (κ3) is 4.64. The molecule has 2 aliphatic rings. The largest absolute Gasteiger partial charge is 0.324 e. The van der Waals surface area contributed by atoms with Gasteiger partial charge in [-0.05, 0) is 35.6 Å². The Hall–Kier alpha value is -1.59. The van der Waals surface area contributed by atoms with E-state index in [9.17, 15) is 4.79 Å². The molecular formula is C21H23Cl2N3O. The normalized spacial score (nSPS) is 22.7. The highest BCUT2D eigenvalue weighted by Gasteiger charge is 2.40. The van der Waals surface area contributed by atoms with Crippen molar-refractivity contribution in [2.45, 2.75) is 6.54 Å². The molecule has 4 nitrogen and oxygen atoms in total. The molecule has 0 spiro atoms. The summed E-state index contributed by atoms with van der Waals surface area (Å²) in [6.45, 7) is 5.59. The van der Waals surface area contributed by atoms with E-state index in [1.807, 2.05) is 0 Å². The van der Waals surface area contributed by atoms with E-state index in [2.05, 4.69) is 45.4 Å². The number of carbonyl (C=O) groups excluding carboxylic acids is 1. The van der Waals surface area contributed by atoms with E-state index >= 15 is 0 Å². The SMILES string of the molecule is O=C(CN1CC2CN(Cc3ccccc3)CC2C1)Nc1cc(Cl)ccc1Cl. The van der Waals surface area contributed by atoms with E-state index in [1.54, 1.807) is 18.2 Å². The second-order valence-corrected chi connectivity index (χ2v) is 8.41. The lowest BCUT2D eigenvalue weighted by atomic mass is 10.0. The molecule has 0 radical (unpaired) electrons. The number of benzene rings is 2. The summed E-state index contributed by atoms with van der Waals surface area (Å²) in [5.74, 6) is 1.26. The zero-order chi connectivity index (χ0) is 18.8. The summed E-state index contributed by atoms with van der Waals surface area (Å²) in [6, 6.07) is 15.7. The van der Waals surface area contributed by atoms with Crippen LogP contribution < -0.4 is 5.32 Å². The van der Waals surface area contributed by atoms with Gasteiger partial charge in [-0.2, -0.15) is 0 Å². The van der Waals surface area contributed by atoms with Gasteiger partial charge >= 0.3 is 0 Å². The van der Waals surface area contributed by atoms with Crippen LogP contribution in [0.15, 0.2) is 48.5 Å². The van der Waals surface area contributed by atoms with Gasteiger partial charge in [-0.3, -0.25) is 14.6 Å². The van der Waals surface area contributed by atoms with E-state index in [1.165, 1.54) is 5.56 Å². The van der Waals surface area contributed by atoms with Crippen molar-refractivity contribution in [3.05, 3.63) is 64.1 Å². The van der Waals surface area contributed by atoms with Crippen molar-refractivity contribution >= 4 is 34.8 Å². The number of anilines is 1. The van der Waals surface area contributed by atoms with Crippen molar-refractivity contribution in [1.82, 2.24) is 9.80 Å². The number of hydrogen-bond acceptors (Lipinski definition) is 3. The van der Waals surface area contributed by atoms with Crippen LogP contribution in [-0.4, -0.2) is 48.4 Å². The van der Waals surface area contributed by atoms with Crippen molar-refractivity contribution < 1.29 is 4.79 Å². The van der Waals surface area contributed by atoms with Crippen LogP contribution in [-0.2, 0) is 11.3 Å². The minimum atomic E-state index is -0.0414. The van der Waals surface area contributed by atoms with E-state index in [0.29, 0.717) is 34.1 Å².